The normalized spacial score (nSPS) is 18.7. The first-order chi connectivity index (χ1) is 14.5. The molecule has 1 N–H and O–H groups in total. The minimum Gasteiger partial charge on any atom is -0.464 e. The van der Waals surface area contributed by atoms with Crippen molar-refractivity contribution in [2.75, 3.05) is 85.3 Å². The monoisotopic (exact) mass is 427 g/mol. The quantitative estimate of drug-likeness (QED) is 0.182. The lowest BCUT2D eigenvalue weighted by atomic mass is 9.78. The number of aliphatic hydroxyl groups excluding tert-OH is 1. The zero-order chi connectivity index (χ0) is 21.4. The molecule has 0 aromatic rings. The average Bonchev–Trinajstić information content (AvgIpc) is 3.52. The van der Waals surface area contributed by atoms with Gasteiger partial charge in [0.2, 0.25) is 0 Å². The fourth-order valence-corrected chi connectivity index (χ4v) is 3.18. The van der Waals surface area contributed by atoms with Crippen molar-refractivity contribution in [3.63, 3.8) is 0 Å². The topological polar surface area (TPSA) is 108 Å². The summed E-state index contributed by atoms with van der Waals surface area (Å²) < 4.78 is 15.7. The minimum absolute atomic E-state index is 0.244. The van der Waals surface area contributed by atoms with E-state index in [2.05, 4.69) is 14.7 Å². The van der Waals surface area contributed by atoms with Gasteiger partial charge in [-0.1, -0.05) is 0 Å². The van der Waals surface area contributed by atoms with Crippen molar-refractivity contribution < 1.29 is 33.7 Å². The third-order valence-corrected chi connectivity index (χ3v) is 5.52. The maximum absolute atomic E-state index is 12.3. The van der Waals surface area contributed by atoms with Crippen LogP contribution in [0.15, 0.2) is 0 Å². The van der Waals surface area contributed by atoms with Crippen LogP contribution in [0.5, 0.6) is 0 Å². The summed E-state index contributed by atoms with van der Waals surface area (Å²) in [6, 6.07) is 0. The molecule has 3 aliphatic rings. The summed E-state index contributed by atoms with van der Waals surface area (Å²) in [6.45, 7) is 8.25. The van der Waals surface area contributed by atoms with E-state index >= 15 is 0 Å². The molecule has 0 aromatic heterocycles. The number of nitrogens with zero attached hydrogens (tertiary/aromatic N) is 3. The number of hydrogen-bond acceptors (Lipinski definition) is 10. The van der Waals surface area contributed by atoms with Gasteiger partial charge in [0, 0.05) is 64.3 Å². The smallest absolute Gasteiger partial charge is 0.306 e. The summed E-state index contributed by atoms with van der Waals surface area (Å²) in [7, 11) is 0. The number of hydrogen-bond donors (Lipinski definition) is 1. The summed E-state index contributed by atoms with van der Waals surface area (Å²) in [6.07, 6.45) is -0.732. The van der Waals surface area contributed by atoms with Gasteiger partial charge in [0.1, 0.15) is 19.8 Å². The molecule has 0 bridgehead atoms. The molecule has 0 amide bonds. The summed E-state index contributed by atoms with van der Waals surface area (Å²) in [5.74, 6) is -1.63. The van der Waals surface area contributed by atoms with Gasteiger partial charge in [0.05, 0.1) is 25.9 Å². The molecule has 3 rings (SSSR count). The van der Waals surface area contributed by atoms with Gasteiger partial charge >= 0.3 is 17.9 Å². The summed E-state index contributed by atoms with van der Waals surface area (Å²) in [4.78, 5) is 43.4. The van der Waals surface area contributed by atoms with E-state index in [1.54, 1.807) is 0 Å². The Bertz CT molecular complexity index is 524. The first-order valence-electron chi connectivity index (χ1n) is 10.7. The highest BCUT2D eigenvalue weighted by atomic mass is 16.5. The Labute approximate surface area is 177 Å². The van der Waals surface area contributed by atoms with E-state index in [-0.39, 0.29) is 39.1 Å². The van der Waals surface area contributed by atoms with Crippen molar-refractivity contribution in [2.45, 2.75) is 19.3 Å². The van der Waals surface area contributed by atoms with Crippen LogP contribution in [-0.4, -0.2) is 123 Å². The lowest BCUT2D eigenvalue weighted by Crippen LogP contribution is -2.36. The van der Waals surface area contributed by atoms with Crippen LogP contribution in [0.25, 0.3) is 0 Å². The maximum Gasteiger partial charge on any atom is 0.306 e. The Morgan fingerprint density at radius 2 is 0.933 bits per heavy atom. The molecule has 170 valence electrons. The average molecular weight is 427 g/mol. The molecular weight excluding hydrogens is 394 g/mol. The summed E-state index contributed by atoms with van der Waals surface area (Å²) in [5.41, 5.74) is -1.29. The molecule has 3 saturated heterocycles. The van der Waals surface area contributed by atoms with Crippen molar-refractivity contribution in [3.05, 3.63) is 0 Å². The highest BCUT2D eigenvalue weighted by molar-refractivity contribution is 5.78. The van der Waals surface area contributed by atoms with E-state index in [4.69, 9.17) is 14.2 Å². The molecule has 3 heterocycles. The Morgan fingerprint density at radius 1 is 0.633 bits per heavy atom. The summed E-state index contributed by atoms with van der Waals surface area (Å²) >= 11 is 0. The first-order valence-corrected chi connectivity index (χ1v) is 10.7. The number of carbonyl (C=O) groups is 3. The molecule has 0 saturated carbocycles. The van der Waals surface area contributed by atoms with Crippen LogP contribution >= 0.6 is 0 Å². The second-order valence-electron chi connectivity index (χ2n) is 8.37. The lowest BCUT2D eigenvalue weighted by Gasteiger charge is -2.29. The largest absolute Gasteiger partial charge is 0.464 e. The van der Waals surface area contributed by atoms with Gasteiger partial charge in [-0.2, -0.15) is 0 Å². The van der Waals surface area contributed by atoms with Crippen LogP contribution in [0.2, 0.25) is 0 Å². The van der Waals surface area contributed by atoms with Crippen LogP contribution in [0.3, 0.4) is 0 Å². The highest BCUT2D eigenvalue weighted by Gasteiger charge is 2.39. The second kappa shape index (κ2) is 11.0. The van der Waals surface area contributed by atoms with E-state index in [0.717, 1.165) is 39.3 Å². The molecule has 0 aromatic carbocycles. The van der Waals surface area contributed by atoms with Crippen LogP contribution in [0, 0.1) is 5.41 Å². The van der Waals surface area contributed by atoms with Crippen molar-refractivity contribution in [1.29, 1.82) is 0 Å². The predicted molar refractivity (Wildman–Crippen MR) is 106 cm³/mol. The van der Waals surface area contributed by atoms with Crippen molar-refractivity contribution in [2.24, 2.45) is 5.41 Å². The molecule has 3 fully saturated rings. The zero-order valence-electron chi connectivity index (χ0n) is 17.6. The molecule has 10 nitrogen and oxygen atoms in total. The Kier molecular flexibility index (Phi) is 8.43. The van der Waals surface area contributed by atoms with Gasteiger partial charge < -0.3 is 19.3 Å². The molecule has 0 aliphatic carbocycles. The molecule has 0 spiro atoms. The van der Waals surface area contributed by atoms with Crippen molar-refractivity contribution in [1.82, 2.24) is 14.7 Å². The lowest BCUT2D eigenvalue weighted by molar-refractivity contribution is -0.156. The first kappa shape index (κ1) is 22.9. The Hall–Kier alpha value is -1.75. The van der Waals surface area contributed by atoms with Crippen LogP contribution < -0.4 is 0 Å². The van der Waals surface area contributed by atoms with Gasteiger partial charge in [-0.05, 0) is 0 Å². The maximum atomic E-state index is 12.3. The van der Waals surface area contributed by atoms with Crippen molar-refractivity contribution in [3.8, 4) is 0 Å². The highest BCUT2D eigenvalue weighted by Crippen LogP contribution is 2.32. The number of carbonyl (C=O) groups excluding carboxylic acids is 3. The molecule has 3 aliphatic heterocycles. The van der Waals surface area contributed by atoms with E-state index in [9.17, 15) is 19.5 Å². The fourth-order valence-electron chi connectivity index (χ4n) is 3.18. The van der Waals surface area contributed by atoms with E-state index in [1.807, 2.05) is 0 Å². The third kappa shape index (κ3) is 8.95. The van der Waals surface area contributed by atoms with E-state index in [0.29, 0.717) is 19.6 Å². The second-order valence-corrected chi connectivity index (χ2v) is 8.37. The molecule has 0 unspecified atom stereocenters. The SMILES string of the molecule is O=C(CC(CO)(CC(=O)OCCN1CC1)CC(=O)OCCN1CC1)OCCN1CC1. The van der Waals surface area contributed by atoms with Gasteiger partial charge in [0.15, 0.2) is 0 Å². The fraction of sp³-hybridized carbons (Fsp3) is 0.850. The van der Waals surface area contributed by atoms with Crippen LogP contribution in [0.1, 0.15) is 19.3 Å². The van der Waals surface area contributed by atoms with Gasteiger partial charge in [0.25, 0.3) is 0 Å². The molecule has 10 heteroatoms. The van der Waals surface area contributed by atoms with Crippen LogP contribution in [-0.2, 0) is 28.6 Å². The summed E-state index contributed by atoms with van der Waals surface area (Å²) in [5, 5.41) is 10.0. The van der Waals surface area contributed by atoms with Gasteiger partial charge in [-0.15, -0.1) is 0 Å². The number of rotatable bonds is 16. The number of aliphatic hydroxyl groups is 1. The van der Waals surface area contributed by atoms with E-state index in [1.165, 1.54) is 0 Å². The Balaban J connectivity index is 1.49. The predicted octanol–water partition coefficient (Wildman–Crippen LogP) is -1.29. The molecule has 30 heavy (non-hydrogen) atoms. The standard InChI is InChI=1S/C20H33N3O7/c24-16-20(13-17(25)28-10-7-21-1-2-21,14-18(26)29-11-8-22-3-4-22)15-19(27)30-12-9-23-5-6-23/h24H,1-16H2. The number of esters is 3. The van der Waals surface area contributed by atoms with Crippen LogP contribution in [0.4, 0.5) is 0 Å². The number of ether oxygens (including phenoxy) is 3. The minimum atomic E-state index is -1.29. The van der Waals surface area contributed by atoms with Gasteiger partial charge in [-0.3, -0.25) is 29.1 Å². The molecule has 0 radical (unpaired) electrons. The zero-order valence-corrected chi connectivity index (χ0v) is 17.6. The molecule has 0 atom stereocenters. The van der Waals surface area contributed by atoms with E-state index < -0.39 is 29.9 Å². The molecular formula is C20H33N3O7. The van der Waals surface area contributed by atoms with Crippen molar-refractivity contribution >= 4 is 17.9 Å². The third-order valence-electron chi connectivity index (χ3n) is 5.52. The Morgan fingerprint density at radius 3 is 1.17 bits per heavy atom. The van der Waals surface area contributed by atoms with Gasteiger partial charge in [-0.25, -0.2) is 0 Å².